The summed E-state index contributed by atoms with van der Waals surface area (Å²) in [5, 5.41) is 4.27. The van der Waals surface area contributed by atoms with Gasteiger partial charge >= 0.3 is 0 Å². The van der Waals surface area contributed by atoms with Gasteiger partial charge in [0.2, 0.25) is 5.91 Å². The number of primary amides is 1. The molecular weight excluding hydrogens is 347 g/mol. The number of anilines is 1. The number of benzene rings is 1. The van der Waals surface area contributed by atoms with Crippen molar-refractivity contribution in [3.8, 4) is 0 Å². The molecule has 0 saturated carbocycles. The zero-order valence-corrected chi connectivity index (χ0v) is 14.2. The molecule has 2 aromatic rings. The third-order valence-electron chi connectivity index (χ3n) is 4.45. The summed E-state index contributed by atoms with van der Waals surface area (Å²) in [4.78, 5) is 25.7. The number of aromatic nitrogens is 2. The lowest BCUT2D eigenvalue weighted by Crippen LogP contribution is -2.39. The maximum atomic E-state index is 13.0. The van der Waals surface area contributed by atoms with Crippen LogP contribution in [0.15, 0.2) is 35.3 Å². The molecule has 2 heterocycles. The van der Waals surface area contributed by atoms with E-state index in [0.717, 1.165) is 5.56 Å². The SMILES string of the molecule is NC(=O)C1CCN(c2cnn(Cc3ccc(F)cc3)c(=O)c2Cl)CC1. The van der Waals surface area contributed by atoms with Gasteiger partial charge < -0.3 is 10.6 Å². The minimum Gasteiger partial charge on any atom is -0.369 e. The van der Waals surface area contributed by atoms with E-state index >= 15 is 0 Å². The van der Waals surface area contributed by atoms with E-state index in [1.807, 2.05) is 4.90 Å². The Bertz CT molecular complexity index is 830. The summed E-state index contributed by atoms with van der Waals surface area (Å²) < 4.78 is 14.2. The van der Waals surface area contributed by atoms with Crippen LogP contribution < -0.4 is 16.2 Å². The summed E-state index contributed by atoms with van der Waals surface area (Å²) in [6.07, 6.45) is 2.81. The average Bonchev–Trinajstić information content (AvgIpc) is 2.61. The molecule has 25 heavy (non-hydrogen) atoms. The molecule has 132 valence electrons. The van der Waals surface area contributed by atoms with E-state index in [0.29, 0.717) is 31.6 Å². The summed E-state index contributed by atoms with van der Waals surface area (Å²) in [7, 11) is 0. The Labute approximate surface area is 149 Å². The van der Waals surface area contributed by atoms with Crippen LogP contribution in [0.2, 0.25) is 5.02 Å². The fraction of sp³-hybridized carbons (Fsp3) is 0.353. The van der Waals surface area contributed by atoms with Crippen LogP contribution in [0, 0.1) is 11.7 Å². The molecule has 3 rings (SSSR count). The van der Waals surface area contributed by atoms with E-state index in [9.17, 15) is 14.0 Å². The fourth-order valence-corrected chi connectivity index (χ4v) is 3.22. The van der Waals surface area contributed by atoms with E-state index in [1.54, 1.807) is 18.3 Å². The molecule has 6 nitrogen and oxygen atoms in total. The highest BCUT2D eigenvalue weighted by molar-refractivity contribution is 6.33. The molecule has 1 aromatic heterocycles. The number of piperidine rings is 1. The zero-order chi connectivity index (χ0) is 18.0. The maximum absolute atomic E-state index is 13.0. The molecule has 1 fully saturated rings. The van der Waals surface area contributed by atoms with Gasteiger partial charge in [0.25, 0.3) is 5.56 Å². The summed E-state index contributed by atoms with van der Waals surface area (Å²) in [6.45, 7) is 1.40. The van der Waals surface area contributed by atoms with E-state index in [-0.39, 0.29) is 29.2 Å². The van der Waals surface area contributed by atoms with Gasteiger partial charge in [0.1, 0.15) is 10.8 Å². The van der Waals surface area contributed by atoms with Gasteiger partial charge in [-0.3, -0.25) is 9.59 Å². The fourth-order valence-electron chi connectivity index (χ4n) is 2.96. The second-order valence-corrected chi connectivity index (χ2v) is 6.47. The Balaban J connectivity index is 1.78. The van der Waals surface area contributed by atoms with Gasteiger partial charge in [-0.05, 0) is 30.5 Å². The summed E-state index contributed by atoms with van der Waals surface area (Å²) in [6, 6.07) is 5.86. The third kappa shape index (κ3) is 3.82. The van der Waals surface area contributed by atoms with Crippen LogP contribution >= 0.6 is 11.6 Å². The monoisotopic (exact) mass is 364 g/mol. The Kier molecular flexibility index (Phi) is 5.03. The van der Waals surface area contributed by atoms with Crippen LogP contribution in [0.3, 0.4) is 0 Å². The molecule has 0 bridgehead atoms. The molecule has 0 aliphatic carbocycles. The summed E-state index contributed by atoms with van der Waals surface area (Å²) in [5.41, 5.74) is 6.24. The van der Waals surface area contributed by atoms with Gasteiger partial charge in [0.05, 0.1) is 18.4 Å². The molecule has 1 aliphatic rings. The molecule has 1 saturated heterocycles. The van der Waals surface area contributed by atoms with Crippen molar-refractivity contribution in [2.75, 3.05) is 18.0 Å². The van der Waals surface area contributed by atoms with Crippen molar-refractivity contribution in [2.24, 2.45) is 11.7 Å². The van der Waals surface area contributed by atoms with E-state index in [4.69, 9.17) is 17.3 Å². The van der Waals surface area contributed by atoms with Crippen LogP contribution in [0.4, 0.5) is 10.1 Å². The number of halogens is 2. The first-order valence-electron chi connectivity index (χ1n) is 8.00. The molecule has 0 spiro atoms. The molecule has 1 amide bonds. The largest absolute Gasteiger partial charge is 0.369 e. The summed E-state index contributed by atoms with van der Waals surface area (Å²) in [5.74, 6) is -0.766. The minimum atomic E-state index is -0.402. The van der Waals surface area contributed by atoms with Gasteiger partial charge in [-0.2, -0.15) is 5.10 Å². The predicted molar refractivity (Wildman–Crippen MR) is 93.1 cm³/mol. The lowest BCUT2D eigenvalue weighted by molar-refractivity contribution is -0.122. The van der Waals surface area contributed by atoms with Gasteiger partial charge in [-0.25, -0.2) is 9.07 Å². The Morgan fingerprint density at radius 2 is 1.92 bits per heavy atom. The molecule has 8 heteroatoms. The molecule has 2 N–H and O–H groups in total. The standard InChI is InChI=1S/C17H18ClFN4O2/c18-15-14(22-7-5-12(6-8-22)16(20)24)9-21-23(17(15)25)10-11-1-3-13(19)4-2-11/h1-4,9,12H,5-8,10H2,(H2,20,24). The molecule has 0 atom stereocenters. The Hall–Kier alpha value is -2.41. The van der Waals surface area contributed by atoms with Crippen molar-refractivity contribution in [3.63, 3.8) is 0 Å². The smallest absolute Gasteiger partial charge is 0.287 e. The van der Waals surface area contributed by atoms with Gasteiger partial charge in [0, 0.05) is 19.0 Å². The molecule has 1 aromatic carbocycles. The highest BCUT2D eigenvalue weighted by atomic mass is 35.5. The topological polar surface area (TPSA) is 81.2 Å². The van der Waals surface area contributed by atoms with Crippen molar-refractivity contribution in [1.29, 1.82) is 0 Å². The van der Waals surface area contributed by atoms with Crippen molar-refractivity contribution >= 4 is 23.2 Å². The molecule has 0 unspecified atom stereocenters. The van der Waals surface area contributed by atoms with Gasteiger partial charge in [0.15, 0.2) is 0 Å². The lowest BCUT2D eigenvalue weighted by atomic mass is 9.96. The number of hydrogen-bond acceptors (Lipinski definition) is 4. The quantitative estimate of drug-likeness (QED) is 0.896. The number of amides is 1. The lowest BCUT2D eigenvalue weighted by Gasteiger charge is -2.32. The highest BCUT2D eigenvalue weighted by Gasteiger charge is 2.25. The summed E-state index contributed by atoms with van der Waals surface area (Å²) >= 11 is 6.26. The molecule has 1 aliphatic heterocycles. The van der Waals surface area contributed by atoms with Crippen molar-refractivity contribution in [3.05, 3.63) is 57.2 Å². The first-order valence-corrected chi connectivity index (χ1v) is 8.38. The minimum absolute atomic E-state index is 0.0923. The van der Waals surface area contributed by atoms with Crippen molar-refractivity contribution in [1.82, 2.24) is 9.78 Å². The third-order valence-corrected chi connectivity index (χ3v) is 4.81. The Morgan fingerprint density at radius 1 is 1.28 bits per heavy atom. The maximum Gasteiger partial charge on any atom is 0.287 e. The van der Waals surface area contributed by atoms with E-state index in [1.165, 1.54) is 16.8 Å². The number of carbonyl (C=O) groups is 1. The van der Waals surface area contributed by atoms with Crippen LogP contribution in [0.5, 0.6) is 0 Å². The number of hydrogen-bond donors (Lipinski definition) is 1. The predicted octanol–water partition coefficient (Wildman–Crippen LogP) is 1.79. The number of nitrogens with two attached hydrogens (primary N) is 1. The van der Waals surface area contributed by atoms with Crippen molar-refractivity contribution < 1.29 is 9.18 Å². The number of rotatable bonds is 4. The van der Waals surface area contributed by atoms with E-state index < -0.39 is 5.56 Å². The van der Waals surface area contributed by atoms with Crippen LogP contribution in [0.25, 0.3) is 0 Å². The van der Waals surface area contributed by atoms with Gasteiger partial charge in [-0.15, -0.1) is 0 Å². The van der Waals surface area contributed by atoms with E-state index in [2.05, 4.69) is 5.10 Å². The molecule has 0 radical (unpaired) electrons. The number of nitrogens with zero attached hydrogens (tertiary/aromatic N) is 3. The average molecular weight is 365 g/mol. The van der Waals surface area contributed by atoms with Crippen LogP contribution in [-0.4, -0.2) is 28.8 Å². The highest BCUT2D eigenvalue weighted by Crippen LogP contribution is 2.26. The van der Waals surface area contributed by atoms with Gasteiger partial charge in [-0.1, -0.05) is 23.7 Å². The first kappa shape index (κ1) is 17.4. The molecular formula is C17H18ClFN4O2. The second kappa shape index (κ2) is 7.23. The zero-order valence-electron chi connectivity index (χ0n) is 13.5. The van der Waals surface area contributed by atoms with Crippen LogP contribution in [0.1, 0.15) is 18.4 Å². The number of carbonyl (C=O) groups excluding carboxylic acids is 1. The van der Waals surface area contributed by atoms with Crippen LogP contribution in [-0.2, 0) is 11.3 Å². The Morgan fingerprint density at radius 3 is 2.52 bits per heavy atom. The second-order valence-electron chi connectivity index (χ2n) is 6.10. The normalized spacial score (nSPS) is 15.4. The van der Waals surface area contributed by atoms with Crippen molar-refractivity contribution in [2.45, 2.75) is 19.4 Å². The first-order chi connectivity index (χ1) is 12.0.